The zero-order valence-electron chi connectivity index (χ0n) is 14.0. The monoisotopic (exact) mass is 350 g/mol. The molecule has 1 aliphatic heterocycles. The molecule has 24 heavy (non-hydrogen) atoms. The maximum Gasteiger partial charge on any atom is 0.324 e. The molecule has 1 aliphatic rings. The van der Waals surface area contributed by atoms with Crippen LogP contribution < -0.4 is 4.90 Å². The lowest BCUT2D eigenvalue weighted by atomic mass is 10.2. The van der Waals surface area contributed by atoms with E-state index in [4.69, 9.17) is 4.52 Å². The second kappa shape index (κ2) is 6.90. The minimum Gasteiger partial charge on any atom is -0.322 e. The third-order valence-electron chi connectivity index (χ3n) is 4.25. The van der Waals surface area contributed by atoms with Gasteiger partial charge in [-0.25, -0.2) is 8.42 Å². The molecule has 0 bridgehead atoms. The molecule has 130 valence electrons. The molecule has 0 saturated carbocycles. The van der Waals surface area contributed by atoms with Crippen LogP contribution in [0.15, 0.2) is 33.7 Å². The molecule has 2 aromatic rings. The summed E-state index contributed by atoms with van der Waals surface area (Å²) in [5.41, 5.74) is 1.13. The normalized spacial score (nSPS) is 16.5. The Hall–Kier alpha value is -1.93. The summed E-state index contributed by atoms with van der Waals surface area (Å²) in [6, 6.07) is 7.58. The molecule has 1 fully saturated rings. The summed E-state index contributed by atoms with van der Waals surface area (Å²) in [5.74, 6) is 0.663. The van der Waals surface area contributed by atoms with E-state index in [1.54, 1.807) is 12.1 Å². The third-order valence-corrected chi connectivity index (χ3v) is 6.16. The van der Waals surface area contributed by atoms with Crippen molar-refractivity contribution in [2.45, 2.75) is 31.6 Å². The Morgan fingerprint density at radius 3 is 2.25 bits per heavy atom. The fourth-order valence-corrected chi connectivity index (χ4v) is 4.10. The molecule has 0 N–H and O–H groups in total. The minimum atomic E-state index is -3.45. The van der Waals surface area contributed by atoms with Crippen LogP contribution >= 0.6 is 0 Å². The molecular formula is C16H22N4O3S. The number of aromatic nitrogens is 2. The van der Waals surface area contributed by atoms with Gasteiger partial charge in [-0.2, -0.15) is 9.29 Å². The van der Waals surface area contributed by atoms with Crippen molar-refractivity contribution in [1.82, 2.24) is 14.4 Å². The summed E-state index contributed by atoms with van der Waals surface area (Å²) in [7, 11) is -3.45. The maximum absolute atomic E-state index is 12.7. The highest BCUT2D eigenvalue weighted by molar-refractivity contribution is 7.89. The minimum absolute atomic E-state index is 0.346. The highest BCUT2D eigenvalue weighted by Gasteiger charge is 2.30. The summed E-state index contributed by atoms with van der Waals surface area (Å²) >= 11 is 0. The molecule has 1 aromatic heterocycles. The van der Waals surface area contributed by atoms with E-state index in [-0.39, 0.29) is 0 Å². The number of hydrogen-bond acceptors (Lipinski definition) is 6. The average Bonchev–Trinajstić information content (AvgIpc) is 3.11. The van der Waals surface area contributed by atoms with Gasteiger partial charge in [0.05, 0.1) is 4.90 Å². The Labute approximate surface area is 142 Å². The Morgan fingerprint density at radius 1 is 1.04 bits per heavy atom. The van der Waals surface area contributed by atoms with E-state index < -0.39 is 10.0 Å². The van der Waals surface area contributed by atoms with E-state index in [1.807, 2.05) is 30.9 Å². The van der Waals surface area contributed by atoms with Crippen LogP contribution in [-0.4, -0.2) is 49.0 Å². The van der Waals surface area contributed by atoms with Gasteiger partial charge in [0, 0.05) is 32.6 Å². The van der Waals surface area contributed by atoms with Crippen molar-refractivity contribution < 1.29 is 12.9 Å². The van der Waals surface area contributed by atoms with Crippen molar-refractivity contribution in [3.63, 3.8) is 0 Å². The Kier molecular flexibility index (Phi) is 4.86. The Balaban J connectivity index is 1.68. The largest absolute Gasteiger partial charge is 0.324 e. The molecule has 8 heteroatoms. The second-order valence-corrected chi connectivity index (χ2v) is 7.67. The van der Waals surface area contributed by atoms with Gasteiger partial charge in [-0.1, -0.05) is 31.1 Å². The van der Waals surface area contributed by atoms with E-state index in [1.165, 1.54) is 4.31 Å². The van der Waals surface area contributed by atoms with Crippen molar-refractivity contribution >= 4 is 16.0 Å². The molecule has 1 saturated heterocycles. The first-order chi connectivity index (χ1) is 11.5. The fraction of sp³-hybridized carbons (Fsp3) is 0.500. The number of hydrogen-bond donors (Lipinski definition) is 0. The van der Waals surface area contributed by atoms with Crippen LogP contribution in [0.5, 0.6) is 0 Å². The van der Waals surface area contributed by atoms with E-state index in [0.717, 1.165) is 12.0 Å². The van der Waals surface area contributed by atoms with E-state index in [0.29, 0.717) is 49.3 Å². The van der Waals surface area contributed by atoms with Crippen LogP contribution in [-0.2, 0) is 22.9 Å². The first kappa shape index (κ1) is 16.9. The zero-order chi connectivity index (χ0) is 17.2. The van der Waals surface area contributed by atoms with Crippen molar-refractivity contribution in [1.29, 1.82) is 0 Å². The van der Waals surface area contributed by atoms with Crippen molar-refractivity contribution in [3.05, 3.63) is 35.7 Å². The lowest BCUT2D eigenvalue weighted by Gasteiger charge is -2.32. The van der Waals surface area contributed by atoms with Gasteiger partial charge in [-0.15, -0.1) is 0 Å². The number of benzene rings is 1. The SMILES string of the molecule is CCc1ccc(S(=O)(=O)N2CCN(c3nc(CC)no3)CC2)cc1. The standard InChI is InChI=1S/C16H22N4O3S/c1-3-13-5-7-14(8-6-13)24(21,22)20-11-9-19(10-12-20)16-17-15(4-2)18-23-16/h5-8H,3-4,9-12H2,1-2H3. The predicted octanol–water partition coefficient (Wildman–Crippen LogP) is 1.71. The van der Waals surface area contributed by atoms with Crippen molar-refractivity contribution in [2.75, 3.05) is 31.1 Å². The van der Waals surface area contributed by atoms with Gasteiger partial charge < -0.3 is 9.42 Å². The zero-order valence-corrected chi connectivity index (χ0v) is 14.8. The van der Waals surface area contributed by atoms with Crippen LogP contribution in [0.1, 0.15) is 25.2 Å². The summed E-state index contributed by atoms with van der Waals surface area (Å²) < 4.78 is 32.2. The molecular weight excluding hydrogens is 328 g/mol. The van der Waals surface area contributed by atoms with Gasteiger partial charge in [0.15, 0.2) is 5.82 Å². The smallest absolute Gasteiger partial charge is 0.322 e. The van der Waals surface area contributed by atoms with Gasteiger partial charge in [0.25, 0.3) is 0 Å². The maximum atomic E-state index is 12.7. The Bertz CT molecular complexity index is 778. The van der Waals surface area contributed by atoms with E-state index in [9.17, 15) is 8.42 Å². The average molecular weight is 350 g/mol. The molecule has 0 spiro atoms. The summed E-state index contributed by atoms with van der Waals surface area (Å²) in [6.07, 6.45) is 1.61. The van der Waals surface area contributed by atoms with Crippen molar-refractivity contribution in [2.24, 2.45) is 0 Å². The van der Waals surface area contributed by atoms with Crippen LogP contribution in [0, 0.1) is 0 Å². The third kappa shape index (κ3) is 3.29. The number of rotatable bonds is 5. The molecule has 2 heterocycles. The fourth-order valence-electron chi connectivity index (χ4n) is 2.68. The quantitative estimate of drug-likeness (QED) is 0.817. The number of nitrogens with zero attached hydrogens (tertiary/aromatic N) is 4. The van der Waals surface area contributed by atoms with Gasteiger partial charge >= 0.3 is 6.01 Å². The number of piperazine rings is 1. The van der Waals surface area contributed by atoms with E-state index >= 15 is 0 Å². The lowest BCUT2D eigenvalue weighted by Crippen LogP contribution is -2.48. The van der Waals surface area contributed by atoms with Gasteiger partial charge in [0.2, 0.25) is 10.0 Å². The molecule has 3 rings (SSSR count). The topological polar surface area (TPSA) is 79.5 Å². The van der Waals surface area contributed by atoms with E-state index in [2.05, 4.69) is 10.1 Å². The highest BCUT2D eigenvalue weighted by Crippen LogP contribution is 2.20. The summed E-state index contributed by atoms with van der Waals surface area (Å²) in [5, 5.41) is 3.88. The number of anilines is 1. The predicted molar refractivity (Wildman–Crippen MR) is 90.5 cm³/mol. The molecule has 7 nitrogen and oxygen atoms in total. The number of aryl methyl sites for hydroxylation is 2. The van der Waals surface area contributed by atoms with Crippen LogP contribution in [0.2, 0.25) is 0 Å². The number of sulfonamides is 1. The lowest BCUT2D eigenvalue weighted by molar-refractivity contribution is 0.353. The molecule has 0 aliphatic carbocycles. The summed E-state index contributed by atoms with van der Waals surface area (Å²) in [6.45, 7) is 5.89. The Morgan fingerprint density at radius 2 is 1.71 bits per heavy atom. The molecule has 0 unspecified atom stereocenters. The van der Waals surface area contributed by atoms with Gasteiger partial charge in [-0.05, 0) is 24.1 Å². The van der Waals surface area contributed by atoms with Gasteiger partial charge in [-0.3, -0.25) is 0 Å². The molecule has 0 radical (unpaired) electrons. The van der Waals surface area contributed by atoms with Crippen molar-refractivity contribution in [3.8, 4) is 0 Å². The molecule has 0 amide bonds. The van der Waals surface area contributed by atoms with Crippen LogP contribution in [0.25, 0.3) is 0 Å². The van der Waals surface area contributed by atoms with Gasteiger partial charge in [0.1, 0.15) is 0 Å². The van der Waals surface area contributed by atoms with Crippen LogP contribution in [0.3, 0.4) is 0 Å². The molecule has 0 atom stereocenters. The first-order valence-corrected chi connectivity index (χ1v) is 9.65. The first-order valence-electron chi connectivity index (χ1n) is 8.21. The second-order valence-electron chi connectivity index (χ2n) is 5.74. The van der Waals surface area contributed by atoms with Crippen LogP contribution in [0.4, 0.5) is 6.01 Å². The molecule has 1 aromatic carbocycles. The summed E-state index contributed by atoms with van der Waals surface area (Å²) in [4.78, 5) is 6.57. The highest BCUT2D eigenvalue weighted by atomic mass is 32.2.